The summed E-state index contributed by atoms with van der Waals surface area (Å²) >= 11 is 4.74. The van der Waals surface area contributed by atoms with Crippen molar-refractivity contribution in [3.63, 3.8) is 0 Å². The Kier molecular flexibility index (Phi) is 15.0. The van der Waals surface area contributed by atoms with Gasteiger partial charge in [-0.1, -0.05) is 13.8 Å². The van der Waals surface area contributed by atoms with Crippen molar-refractivity contribution in [2.75, 3.05) is 5.73 Å². The molecule has 0 saturated heterocycles. The summed E-state index contributed by atoms with van der Waals surface area (Å²) in [4.78, 5) is 0. The summed E-state index contributed by atoms with van der Waals surface area (Å²) in [6, 6.07) is 3.83. The summed E-state index contributed by atoms with van der Waals surface area (Å²) in [5.74, 6) is 0. The number of aromatic nitrogens is 1. The minimum atomic E-state index is 0.628. The van der Waals surface area contributed by atoms with Crippen LogP contribution in [0.15, 0.2) is 18.3 Å². The van der Waals surface area contributed by atoms with Gasteiger partial charge in [0.15, 0.2) is 6.20 Å². The van der Waals surface area contributed by atoms with Gasteiger partial charge in [-0.3, -0.25) is 0 Å². The zero-order valence-electron chi connectivity index (χ0n) is 8.96. The molecule has 0 bridgehead atoms. The molecule has 0 aliphatic heterocycles. The molecule has 1 aromatic heterocycles. The van der Waals surface area contributed by atoms with Crippen molar-refractivity contribution in [2.24, 2.45) is 7.05 Å². The van der Waals surface area contributed by atoms with E-state index in [1.165, 1.54) is 0 Å². The van der Waals surface area contributed by atoms with Gasteiger partial charge in [0.2, 0.25) is 5.69 Å². The zero-order chi connectivity index (χ0) is 11.6. The normalized spacial score (nSPS) is 7.57. The monoisotopic (exact) mass is 458 g/mol. The van der Waals surface area contributed by atoms with Gasteiger partial charge < -0.3 is 5.73 Å². The topological polar surface area (TPSA) is 29.9 Å². The molecule has 2 N–H and O–H groups in total. The van der Waals surface area contributed by atoms with Gasteiger partial charge in [0.05, 0.1) is 5.69 Å². The first-order valence-corrected chi connectivity index (χ1v) is 13.3. The molecule has 14 heavy (non-hydrogen) atoms. The molecular formula is C9H17I2N2V+. The number of pyridine rings is 1. The van der Waals surface area contributed by atoms with Crippen molar-refractivity contribution >= 4 is 45.6 Å². The fourth-order valence-corrected chi connectivity index (χ4v) is 0.712. The summed E-state index contributed by atoms with van der Waals surface area (Å²) in [5.41, 5.74) is 7.56. The number of halogens is 2. The number of nitrogens with zero attached hydrogens (tertiary/aromatic N) is 1. The van der Waals surface area contributed by atoms with Crippen molar-refractivity contribution < 1.29 is 14.0 Å². The second-order valence-corrected chi connectivity index (χ2v) is 14.0. The van der Waals surface area contributed by atoms with Crippen LogP contribution in [0.5, 0.6) is 0 Å². The number of hydrogen-bond acceptors (Lipinski definition) is 1. The fourth-order valence-electron chi connectivity index (χ4n) is 0.712. The number of anilines is 1. The molecule has 0 spiro atoms. The number of nitrogen functional groups attached to an aromatic ring is 1. The molecule has 0 aromatic carbocycles. The van der Waals surface area contributed by atoms with Gasteiger partial charge in [-0.25, -0.2) is 4.57 Å². The van der Waals surface area contributed by atoms with Gasteiger partial charge in [0, 0.05) is 13.0 Å². The van der Waals surface area contributed by atoms with Crippen LogP contribution < -0.4 is 10.3 Å². The number of rotatable bonds is 0. The molecule has 5 heteroatoms. The Balaban J connectivity index is 0. The maximum absolute atomic E-state index is 5.60. The Labute approximate surface area is 116 Å². The standard InChI is InChI=1S/C7H11N2.C2H6.2HI.V/c1-6-7(8)4-3-5-9(6)2;1-2;;;/h3-5H,8H2,1-2H3;1-2H3;2*1H;/q+1;;;;+2/p-2. The van der Waals surface area contributed by atoms with E-state index in [0.29, 0.717) is 9.47 Å². The van der Waals surface area contributed by atoms with Crippen LogP contribution in [0, 0.1) is 6.92 Å². The third-order valence-electron chi connectivity index (χ3n) is 1.53. The average molecular weight is 458 g/mol. The minimum absolute atomic E-state index is 0.628. The van der Waals surface area contributed by atoms with E-state index in [2.05, 4.69) is 40.0 Å². The Hall–Kier alpha value is 0.994. The van der Waals surface area contributed by atoms with Gasteiger partial charge >= 0.3 is 49.4 Å². The molecule has 2 nitrogen and oxygen atoms in total. The first-order chi connectivity index (χ1) is 6.63. The predicted octanol–water partition coefficient (Wildman–Crippen LogP) is 3.20. The molecule has 0 aliphatic rings. The van der Waals surface area contributed by atoms with Crippen LogP contribution in [-0.2, 0) is 16.5 Å². The van der Waals surface area contributed by atoms with Crippen LogP contribution in [0.25, 0.3) is 0 Å². The molecule has 0 atom stereocenters. The number of hydrogen-bond donors (Lipinski definition) is 1. The number of nitrogens with two attached hydrogens (primary N) is 1. The van der Waals surface area contributed by atoms with Crippen LogP contribution in [0.1, 0.15) is 19.5 Å². The van der Waals surface area contributed by atoms with E-state index in [-0.39, 0.29) is 0 Å². The summed E-state index contributed by atoms with van der Waals surface area (Å²) in [7, 11) is 2.61. The van der Waals surface area contributed by atoms with E-state index in [0.717, 1.165) is 11.4 Å². The van der Waals surface area contributed by atoms with Crippen molar-refractivity contribution in [1.29, 1.82) is 0 Å². The SMILES string of the molecule is CC.Cc1c(N)ccc[n+]1C.[I][V][I]. The van der Waals surface area contributed by atoms with Crippen LogP contribution >= 0.6 is 40.0 Å². The van der Waals surface area contributed by atoms with E-state index in [1.54, 1.807) is 0 Å². The van der Waals surface area contributed by atoms with Gasteiger partial charge in [0.1, 0.15) is 7.05 Å². The predicted molar refractivity (Wildman–Crippen MR) is 76.2 cm³/mol. The molecule has 0 aliphatic carbocycles. The van der Waals surface area contributed by atoms with Crippen molar-refractivity contribution in [1.82, 2.24) is 0 Å². The molecule has 0 saturated carbocycles. The molecule has 0 amide bonds. The average Bonchev–Trinajstić information content (AvgIpc) is 2.19. The zero-order valence-corrected chi connectivity index (χ0v) is 14.7. The van der Waals surface area contributed by atoms with Gasteiger partial charge in [-0.05, 0) is 6.07 Å². The third-order valence-corrected chi connectivity index (χ3v) is 1.53. The number of aryl methyl sites for hydroxylation is 1. The Morgan fingerprint density at radius 1 is 1.36 bits per heavy atom. The first kappa shape index (κ1) is 17.4. The summed E-state index contributed by atoms with van der Waals surface area (Å²) < 4.78 is 2.00. The first-order valence-electron chi connectivity index (χ1n) is 4.26. The molecule has 0 radical (unpaired) electrons. The molecule has 0 fully saturated rings. The van der Waals surface area contributed by atoms with E-state index in [1.807, 2.05) is 50.7 Å². The van der Waals surface area contributed by atoms with E-state index in [9.17, 15) is 0 Å². The second kappa shape index (κ2) is 12.1. The quantitative estimate of drug-likeness (QED) is 0.470. The molecule has 1 heterocycles. The molecule has 81 valence electrons. The molecule has 0 unspecified atom stereocenters. The summed E-state index contributed by atoms with van der Waals surface area (Å²) in [6.07, 6.45) is 1.98. The van der Waals surface area contributed by atoms with Crippen molar-refractivity contribution in [3.05, 3.63) is 24.0 Å². The summed E-state index contributed by atoms with van der Waals surface area (Å²) in [5, 5.41) is 0. The van der Waals surface area contributed by atoms with Crippen molar-refractivity contribution in [3.8, 4) is 0 Å². The van der Waals surface area contributed by atoms with Crippen LogP contribution in [0.4, 0.5) is 5.69 Å². The van der Waals surface area contributed by atoms with Gasteiger partial charge in [0.25, 0.3) is 0 Å². The van der Waals surface area contributed by atoms with E-state index >= 15 is 0 Å². The van der Waals surface area contributed by atoms with Gasteiger partial charge in [-0.15, -0.1) is 0 Å². The maximum atomic E-state index is 5.60. The van der Waals surface area contributed by atoms with E-state index in [4.69, 9.17) is 5.73 Å². The van der Waals surface area contributed by atoms with Crippen molar-refractivity contribution in [2.45, 2.75) is 20.8 Å². The van der Waals surface area contributed by atoms with Crippen LogP contribution in [0.3, 0.4) is 0 Å². The Morgan fingerprint density at radius 3 is 2.07 bits per heavy atom. The second-order valence-electron chi connectivity index (χ2n) is 2.22. The molecular weight excluding hydrogens is 441 g/mol. The summed E-state index contributed by atoms with van der Waals surface area (Å²) in [6.45, 7) is 6.00. The molecule has 1 rings (SSSR count). The van der Waals surface area contributed by atoms with E-state index < -0.39 is 0 Å². The Morgan fingerprint density at radius 2 is 1.79 bits per heavy atom. The van der Waals surface area contributed by atoms with Gasteiger partial charge in [-0.2, -0.15) is 0 Å². The van der Waals surface area contributed by atoms with Crippen LogP contribution in [-0.4, -0.2) is 0 Å². The Bertz CT molecular complexity index is 224. The van der Waals surface area contributed by atoms with Crippen LogP contribution in [0.2, 0.25) is 0 Å². The third kappa shape index (κ3) is 8.31. The molecule has 1 aromatic rings. The fraction of sp³-hybridized carbons (Fsp3) is 0.444.